The number of aromatic nitrogens is 1. The second-order valence-corrected chi connectivity index (χ2v) is 5.60. The Morgan fingerprint density at radius 3 is 2.55 bits per heavy atom. The molecule has 0 bridgehead atoms. The number of para-hydroxylation sites is 1. The van der Waals surface area contributed by atoms with Crippen LogP contribution in [0, 0.1) is 11.3 Å². The van der Waals surface area contributed by atoms with Crippen LogP contribution in [-0.2, 0) is 0 Å². The van der Waals surface area contributed by atoms with Crippen LogP contribution in [-0.4, -0.2) is 11.0 Å². The summed E-state index contributed by atoms with van der Waals surface area (Å²) in [6.07, 6.45) is 1.69. The fraction of sp³-hybridized carbons (Fsp3) is 0. The summed E-state index contributed by atoms with van der Waals surface area (Å²) in [4.78, 5) is 15.2. The number of aromatic carboxylic acids is 1. The number of benzene rings is 2. The summed E-state index contributed by atoms with van der Waals surface area (Å²) in [5, 5.41) is 20.7. The molecule has 1 aromatic heterocycles. The van der Waals surface area contributed by atoms with E-state index >= 15 is 0 Å². The number of rotatable bonds is 3. The number of hydrogen-bond donors (Lipinski definition) is 0. The van der Waals surface area contributed by atoms with Crippen molar-refractivity contribution < 1.29 is 9.90 Å². The van der Waals surface area contributed by atoms with Crippen molar-refractivity contribution in [2.75, 3.05) is 0 Å². The van der Waals surface area contributed by atoms with E-state index in [2.05, 4.69) is 11.1 Å². The molecule has 0 saturated carbocycles. The number of nitriles is 1. The van der Waals surface area contributed by atoms with Crippen molar-refractivity contribution in [3.8, 4) is 6.07 Å². The molecule has 3 aromatic rings. The Morgan fingerprint density at radius 1 is 1.18 bits per heavy atom. The first-order chi connectivity index (χ1) is 10.7. The molecule has 106 valence electrons. The predicted octanol–water partition coefficient (Wildman–Crippen LogP) is 2.72. The third-order valence-electron chi connectivity index (χ3n) is 3.10. The SMILES string of the molecule is N#C/C(=C\c1ccc(C(=O)[O-])cc1)c1nc2ccccc2s1. The third kappa shape index (κ3) is 2.73. The Labute approximate surface area is 130 Å². The number of carboxylic acid groups (broad SMARTS) is 1. The van der Waals surface area contributed by atoms with Crippen LogP contribution < -0.4 is 5.11 Å². The van der Waals surface area contributed by atoms with Crippen molar-refractivity contribution in [2.24, 2.45) is 0 Å². The molecule has 1 heterocycles. The second-order valence-electron chi connectivity index (χ2n) is 4.57. The molecular weight excluding hydrogens is 296 g/mol. The van der Waals surface area contributed by atoms with Gasteiger partial charge >= 0.3 is 0 Å². The van der Waals surface area contributed by atoms with Crippen LogP contribution in [0.2, 0.25) is 0 Å². The topological polar surface area (TPSA) is 76.8 Å². The van der Waals surface area contributed by atoms with Crippen LogP contribution in [0.25, 0.3) is 21.9 Å². The zero-order chi connectivity index (χ0) is 15.5. The van der Waals surface area contributed by atoms with Gasteiger partial charge in [0.2, 0.25) is 0 Å². The van der Waals surface area contributed by atoms with Crippen molar-refractivity contribution in [3.05, 3.63) is 64.7 Å². The minimum absolute atomic E-state index is 0.107. The van der Waals surface area contributed by atoms with E-state index in [1.54, 1.807) is 18.2 Å². The average Bonchev–Trinajstić information content (AvgIpc) is 2.96. The molecule has 0 aliphatic rings. The molecule has 0 aliphatic carbocycles. The lowest BCUT2D eigenvalue weighted by atomic mass is 10.1. The maximum atomic E-state index is 10.7. The van der Waals surface area contributed by atoms with E-state index in [9.17, 15) is 15.2 Å². The predicted molar refractivity (Wildman–Crippen MR) is 83.9 cm³/mol. The smallest absolute Gasteiger partial charge is 0.135 e. The molecule has 0 saturated heterocycles. The summed E-state index contributed by atoms with van der Waals surface area (Å²) in [7, 11) is 0. The molecule has 0 aliphatic heterocycles. The van der Waals surface area contributed by atoms with Crippen LogP contribution in [0.5, 0.6) is 0 Å². The van der Waals surface area contributed by atoms with Crippen LogP contribution in [0.4, 0.5) is 0 Å². The third-order valence-corrected chi connectivity index (χ3v) is 4.17. The number of carboxylic acids is 1. The van der Waals surface area contributed by atoms with E-state index < -0.39 is 5.97 Å². The van der Waals surface area contributed by atoms with E-state index in [-0.39, 0.29) is 5.56 Å². The Hall–Kier alpha value is -2.97. The average molecular weight is 305 g/mol. The van der Waals surface area contributed by atoms with Crippen LogP contribution in [0.1, 0.15) is 20.9 Å². The molecule has 0 fully saturated rings. The fourth-order valence-corrected chi connectivity index (χ4v) is 2.94. The van der Waals surface area contributed by atoms with Gasteiger partial charge in [-0.3, -0.25) is 0 Å². The Bertz CT molecular complexity index is 885. The fourth-order valence-electron chi connectivity index (χ4n) is 2.01. The molecule has 2 aromatic carbocycles. The first-order valence-corrected chi connectivity index (χ1v) is 7.28. The zero-order valence-electron chi connectivity index (χ0n) is 11.3. The number of allylic oxidation sites excluding steroid dienone is 1. The highest BCUT2D eigenvalue weighted by Gasteiger charge is 2.08. The first kappa shape index (κ1) is 14.0. The molecule has 0 atom stereocenters. The molecule has 0 radical (unpaired) electrons. The van der Waals surface area contributed by atoms with Gasteiger partial charge < -0.3 is 9.90 Å². The second kappa shape index (κ2) is 5.80. The summed E-state index contributed by atoms with van der Waals surface area (Å²) < 4.78 is 1.02. The highest BCUT2D eigenvalue weighted by Crippen LogP contribution is 2.27. The maximum absolute atomic E-state index is 10.7. The van der Waals surface area contributed by atoms with Crippen molar-refractivity contribution in [1.82, 2.24) is 4.98 Å². The van der Waals surface area contributed by atoms with E-state index in [0.717, 1.165) is 15.8 Å². The zero-order valence-corrected chi connectivity index (χ0v) is 12.1. The van der Waals surface area contributed by atoms with Gasteiger partial charge in [0.1, 0.15) is 11.1 Å². The van der Waals surface area contributed by atoms with E-state index in [1.165, 1.54) is 23.5 Å². The normalized spacial score (nSPS) is 11.3. The van der Waals surface area contributed by atoms with Gasteiger partial charge in [-0.1, -0.05) is 36.4 Å². The lowest BCUT2D eigenvalue weighted by Crippen LogP contribution is -2.21. The minimum atomic E-state index is -1.22. The van der Waals surface area contributed by atoms with Gasteiger partial charge in [-0.25, -0.2) is 4.98 Å². The minimum Gasteiger partial charge on any atom is -0.545 e. The molecule has 4 nitrogen and oxygen atoms in total. The molecule has 0 N–H and O–H groups in total. The Morgan fingerprint density at radius 2 is 1.91 bits per heavy atom. The number of thiazole rings is 1. The monoisotopic (exact) mass is 305 g/mol. The molecule has 22 heavy (non-hydrogen) atoms. The first-order valence-electron chi connectivity index (χ1n) is 6.46. The van der Waals surface area contributed by atoms with Gasteiger partial charge in [-0.2, -0.15) is 5.26 Å². The summed E-state index contributed by atoms with van der Waals surface area (Å²) in [5.74, 6) is -1.22. The quantitative estimate of drug-likeness (QED) is 0.697. The number of hydrogen-bond acceptors (Lipinski definition) is 5. The Balaban J connectivity index is 1.99. The van der Waals surface area contributed by atoms with Crippen LogP contribution in [0.3, 0.4) is 0 Å². The van der Waals surface area contributed by atoms with E-state index in [4.69, 9.17) is 0 Å². The summed E-state index contributed by atoms with van der Waals surface area (Å²) >= 11 is 1.45. The molecule has 0 amide bonds. The van der Waals surface area contributed by atoms with Crippen molar-refractivity contribution in [2.45, 2.75) is 0 Å². The lowest BCUT2D eigenvalue weighted by molar-refractivity contribution is -0.255. The molecular formula is C17H9N2O2S-. The molecule has 5 heteroatoms. The van der Waals surface area contributed by atoms with Gasteiger partial charge in [0.15, 0.2) is 0 Å². The number of carbonyl (C=O) groups excluding carboxylic acids is 1. The van der Waals surface area contributed by atoms with Gasteiger partial charge in [0.05, 0.1) is 21.8 Å². The number of nitrogens with zero attached hydrogens (tertiary/aromatic N) is 2. The molecule has 0 unspecified atom stereocenters. The number of carbonyl (C=O) groups is 1. The molecule has 3 rings (SSSR count). The summed E-state index contributed by atoms with van der Waals surface area (Å²) in [5.41, 5.74) is 2.15. The Kier molecular flexibility index (Phi) is 3.69. The highest BCUT2D eigenvalue weighted by atomic mass is 32.1. The van der Waals surface area contributed by atoms with Crippen LogP contribution in [0.15, 0.2) is 48.5 Å². The maximum Gasteiger partial charge on any atom is 0.135 e. The van der Waals surface area contributed by atoms with Crippen LogP contribution >= 0.6 is 11.3 Å². The largest absolute Gasteiger partial charge is 0.545 e. The van der Waals surface area contributed by atoms with Crippen molar-refractivity contribution in [3.63, 3.8) is 0 Å². The van der Waals surface area contributed by atoms with Gasteiger partial charge in [-0.15, -0.1) is 11.3 Å². The summed E-state index contributed by atoms with van der Waals surface area (Å²) in [6.45, 7) is 0. The standard InChI is InChI=1S/C17H10N2O2S/c18-10-13(9-11-5-7-12(8-6-11)17(20)21)16-19-14-3-1-2-4-15(14)22-16/h1-9H,(H,20,21)/p-1/b13-9+. The van der Waals surface area contributed by atoms with Gasteiger partial charge in [-0.05, 0) is 29.3 Å². The molecule has 0 spiro atoms. The summed E-state index contributed by atoms with van der Waals surface area (Å²) in [6, 6.07) is 16.0. The highest BCUT2D eigenvalue weighted by molar-refractivity contribution is 7.19. The van der Waals surface area contributed by atoms with Crippen molar-refractivity contribution in [1.29, 1.82) is 5.26 Å². The van der Waals surface area contributed by atoms with E-state index in [1.807, 2.05) is 24.3 Å². The van der Waals surface area contributed by atoms with Gasteiger partial charge in [0.25, 0.3) is 0 Å². The number of fused-ring (bicyclic) bond motifs is 1. The lowest BCUT2D eigenvalue weighted by Gasteiger charge is -2.02. The van der Waals surface area contributed by atoms with Crippen molar-refractivity contribution >= 4 is 39.2 Å². The van der Waals surface area contributed by atoms with Gasteiger partial charge in [0, 0.05) is 0 Å². The van der Waals surface area contributed by atoms with E-state index in [0.29, 0.717) is 10.6 Å².